The summed E-state index contributed by atoms with van der Waals surface area (Å²) < 4.78 is 10.9. The van der Waals surface area contributed by atoms with Gasteiger partial charge in [-0.25, -0.2) is 0 Å². The van der Waals surface area contributed by atoms with E-state index in [1.165, 1.54) is 0 Å². The Morgan fingerprint density at radius 3 is 2.41 bits per heavy atom. The van der Waals surface area contributed by atoms with E-state index in [2.05, 4.69) is 12.2 Å². The van der Waals surface area contributed by atoms with Crippen LogP contribution in [0.15, 0.2) is 48.5 Å². The SMILES string of the molecule is CCCCNC(=O)C(C)N(Cc1ccccc1Cl)C(=O)CCCOc1ccc(OC)cc1. The second-order valence-electron chi connectivity index (χ2n) is 7.56. The average molecular weight is 461 g/mol. The largest absolute Gasteiger partial charge is 0.497 e. The van der Waals surface area contributed by atoms with Crippen molar-refractivity contribution in [1.82, 2.24) is 10.2 Å². The van der Waals surface area contributed by atoms with Crippen molar-refractivity contribution in [1.29, 1.82) is 0 Å². The Hall–Kier alpha value is -2.73. The Morgan fingerprint density at radius 2 is 1.75 bits per heavy atom. The number of hydrogen-bond acceptors (Lipinski definition) is 4. The molecule has 0 aliphatic rings. The predicted octanol–water partition coefficient (Wildman–Crippen LogP) is 4.84. The summed E-state index contributed by atoms with van der Waals surface area (Å²) in [6.45, 7) is 5.10. The van der Waals surface area contributed by atoms with E-state index < -0.39 is 6.04 Å². The van der Waals surface area contributed by atoms with Gasteiger partial charge in [0.05, 0.1) is 13.7 Å². The van der Waals surface area contributed by atoms with E-state index in [0.29, 0.717) is 24.6 Å². The molecule has 1 unspecified atom stereocenters. The Labute approximate surface area is 195 Å². The number of rotatable bonds is 13. The first-order chi connectivity index (χ1) is 15.5. The molecule has 0 aliphatic heterocycles. The fraction of sp³-hybridized carbons (Fsp3) is 0.440. The van der Waals surface area contributed by atoms with Gasteiger partial charge in [-0.15, -0.1) is 0 Å². The molecule has 1 N–H and O–H groups in total. The van der Waals surface area contributed by atoms with Crippen LogP contribution in [0.3, 0.4) is 0 Å². The molecule has 0 heterocycles. The van der Waals surface area contributed by atoms with Gasteiger partial charge in [0.2, 0.25) is 11.8 Å². The van der Waals surface area contributed by atoms with Crippen molar-refractivity contribution in [2.24, 2.45) is 0 Å². The third-order valence-electron chi connectivity index (χ3n) is 5.16. The van der Waals surface area contributed by atoms with Crippen LogP contribution >= 0.6 is 11.6 Å². The lowest BCUT2D eigenvalue weighted by Crippen LogP contribution is -2.47. The maximum Gasteiger partial charge on any atom is 0.242 e. The minimum absolute atomic E-state index is 0.110. The van der Waals surface area contributed by atoms with E-state index in [9.17, 15) is 9.59 Å². The van der Waals surface area contributed by atoms with E-state index in [1.807, 2.05) is 42.5 Å². The maximum absolute atomic E-state index is 13.1. The molecule has 2 aromatic carbocycles. The minimum Gasteiger partial charge on any atom is -0.497 e. The number of carbonyl (C=O) groups excluding carboxylic acids is 2. The van der Waals surface area contributed by atoms with Crippen LogP contribution in [0.5, 0.6) is 11.5 Å². The molecule has 0 fully saturated rings. The summed E-state index contributed by atoms with van der Waals surface area (Å²) >= 11 is 6.31. The Morgan fingerprint density at radius 1 is 1.06 bits per heavy atom. The van der Waals surface area contributed by atoms with Crippen molar-refractivity contribution in [3.63, 3.8) is 0 Å². The highest BCUT2D eigenvalue weighted by atomic mass is 35.5. The first-order valence-corrected chi connectivity index (χ1v) is 11.4. The number of ether oxygens (including phenoxy) is 2. The number of nitrogens with zero attached hydrogens (tertiary/aromatic N) is 1. The highest BCUT2D eigenvalue weighted by Crippen LogP contribution is 2.20. The Bertz CT molecular complexity index is 857. The Balaban J connectivity index is 1.97. The normalized spacial score (nSPS) is 11.5. The number of unbranched alkanes of at least 4 members (excludes halogenated alkanes) is 1. The zero-order valence-electron chi connectivity index (χ0n) is 19.1. The number of halogens is 1. The highest BCUT2D eigenvalue weighted by Gasteiger charge is 2.26. The molecule has 1 atom stereocenters. The zero-order valence-corrected chi connectivity index (χ0v) is 19.9. The van der Waals surface area contributed by atoms with Gasteiger partial charge in [0, 0.05) is 24.5 Å². The molecule has 0 aromatic heterocycles. The first-order valence-electron chi connectivity index (χ1n) is 11.0. The van der Waals surface area contributed by atoms with E-state index in [0.717, 1.165) is 29.9 Å². The van der Waals surface area contributed by atoms with Gasteiger partial charge >= 0.3 is 0 Å². The van der Waals surface area contributed by atoms with Crippen LogP contribution < -0.4 is 14.8 Å². The van der Waals surface area contributed by atoms with E-state index in [-0.39, 0.29) is 24.8 Å². The monoisotopic (exact) mass is 460 g/mol. The van der Waals surface area contributed by atoms with Crippen molar-refractivity contribution < 1.29 is 19.1 Å². The van der Waals surface area contributed by atoms with E-state index >= 15 is 0 Å². The molecule has 0 radical (unpaired) electrons. The molecule has 0 aliphatic carbocycles. The van der Waals surface area contributed by atoms with Gasteiger partial charge < -0.3 is 19.7 Å². The summed E-state index contributed by atoms with van der Waals surface area (Å²) in [6, 6.07) is 14.1. The molecule has 6 nitrogen and oxygen atoms in total. The zero-order chi connectivity index (χ0) is 23.3. The van der Waals surface area contributed by atoms with Crippen molar-refractivity contribution in [3.8, 4) is 11.5 Å². The molecule has 2 amide bonds. The molecule has 32 heavy (non-hydrogen) atoms. The van der Waals surface area contributed by atoms with Gasteiger partial charge in [-0.1, -0.05) is 43.1 Å². The molecular weight excluding hydrogens is 428 g/mol. The fourth-order valence-electron chi connectivity index (χ4n) is 3.16. The highest BCUT2D eigenvalue weighted by molar-refractivity contribution is 6.31. The summed E-state index contributed by atoms with van der Waals surface area (Å²) in [5.74, 6) is 1.21. The number of hydrogen-bond donors (Lipinski definition) is 1. The van der Waals surface area contributed by atoms with Crippen LogP contribution in [0.1, 0.15) is 45.1 Å². The molecular formula is C25H33ClN2O4. The average Bonchev–Trinajstić information content (AvgIpc) is 2.81. The van der Waals surface area contributed by atoms with Crippen molar-refractivity contribution >= 4 is 23.4 Å². The first kappa shape index (κ1) is 25.5. The summed E-state index contributed by atoms with van der Waals surface area (Å²) in [5, 5.41) is 3.49. The van der Waals surface area contributed by atoms with Gasteiger partial charge in [0.15, 0.2) is 0 Å². The fourth-order valence-corrected chi connectivity index (χ4v) is 3.35. The number of methoxy groups -OCH3 is 1. The van der Waals surface area contributed by atoms with Gasteiger partial charge in [0.1, 0.15) is 17.5 Å². The third-order valence-corrected chi connectivity index (χ3v) is 5.53. The molecule has 0 saturated carbocycles. The molecule has 7 heteroatoms. The van der Waals surface area contributed by atoms with E-state index in [1.54, 1.807) is 25.0 Å². The predicted molar refractivity (Wildman–Crippen MR) is 127 cm³/mol. The lowest BCUT2D eigenvalue weighted by molar-refractivity contribution is -0.140. The second kappa shape index (κ2) is 13.6. The molecule has 174 valence electrons. The number of amides is 2. The minimum atomic E-state index is -0.599. The third kappa shape index (κ3) is 8.08. The number of nitrogens with one attached hydrogen (secondary N) is 1. The maximum atomic E-state index is 13.1. The van der Waals surface area contributed by atoms with Gasteiger partial charge in [-0.05, 0) is 55.7 Å². The second-order valence-corrected chi connectivity index (χ2v) is 7.97. The van der Waals surface area contributed by atoms with Crippen LogP contribution in [-0.4, -0.2) is 43.0 Å². The standard InChI is InChI=1S/C25H33ClN2O4/c1-4-5-16-27-25(30)19(2)28(18-20-9-6-7-10-23(20)26)24(29)11-8-17-32-22-14-12-21(31-3)13-15-22/h6-7,9-10,12-15,19H,4-5,8,11,16-18H2,1-3H3,(H,27,30). The topological polar surface area (TPSA) is 67.9 Å². The molecule has 0 bridgehead atoms. The van der Waals surface area contributed by atoms with Crippen molar-refractivity contribution in [2.75, 3.05) is 20.3 Å². The molecule has 0 saturated heterocycles. The summed E-state index contributed by atoms with van der Waals surface area (Å²) in [4.78, 5) is 27.3. The van der Waals surface area contributed by atoms with Crippen LogP contribution in [-0.2, 0) is 16.1 Å². The van der Waals surface area contributed by atoms with E-state index in [4.69, 9.17) is 21.1 Å². The van der Waals surface area contributed by atoms with Crippen molar-refractivity contribution in [3.05, 3.63) is 59.1 Å². The molecule has 0 spiro atoms. The number of benzene rings is 2. The lowest BCUT2D eigenvalue weighted by atomic mass is 10.1. The summed E-state index contributed by atoms with van der Waals surface area (Å²) in [5.41, 5.74) is 0.810. The smallest absolute Gasteiger partial charge is 0.242 e. The van der Waals surface area contributed by atoms with Crippen LogP contribution in [0.25, 0.3) is 0 Å². The van der Waals surface area contributed by atoms with Crippen molar-refractivity contribution in [2.45, 2.75) is 52.1 Å². The van der Waals surface area contributed by atoms with Gasteiger partial charge in [0.25, 0.3) is 0 Å². The lowest BCUT2D eigenvalue weighted by Gasteiger charge is -2.29. The van der Waals surface area contributed by atoms with Crippen LogP contribution in [0, 0.1) is 0 Å². The summed E-state index contributed by atoms with van der Waals surface area (Å²) in [6.07, 6.45) is 2.70. The van der Waals surface area contributed by atoms with Crippen LogP contribution in [0.2, 0.25) is 5.02 Å². The Kier molecular flexibility index (Phi) is 10.9. The van der Waals surface area contributed by atoms with Gasteiger partial charge in [-0.2, -0.15) is 0 Å². The molecule has 2 rings (SSSR count). The molecule has 2 aromatic rings. The summed E-state index contributed by atoms with van der Waals surface area (Å²) in [7, 11) is 1.61. The number of carbonyl (C=O) groups is 2. The van der Waals surface area contributed by atoms with Gasteiger partial charge in [-0.3, -0.25) is 9.59 Å². The van der Waals surface area contributed by atoms with Crippen LogP contribution in [0.4, 0.5) is 0 Å². The quantitative estimate of drug-likeness (QED) is 0.434.